The number of thioether (sulfide) groups is 1. The van der Waals surface area contributed by atoms with Crippen LogP contribution in [0.25, 0.3) is 20.4 Å². The SMILES string of the molecule is C=CCn1c(SCc2nc3sc(C)c(C)c3c(=O)[nH]2)nc2sc3c(c2c1=O)CCCCC3. The largest absolute Gasteiger partial charge is 0.309 e. The van der Waals surface area contributed by atoms with Gasteiger partial charge in [0.25, 0.3) is 11.1 Å². The third-order valence-electron chi connectivity index (χ3n) is 6.03. The van der Waals surface area contributed by atoms with E-state index in [0.717, 1.165) is 44.8 Å². The molecule has 0 fully saturated rings. The quantitative estimate of drug-likeness (QED) is 0.184. The van der Waals surface area contributed by atoms with E-state index in [2.05, 4.69) is 16.5 Å². The van der Waals surface area contributed by atoms with Crippen molar-refractivity contribution in [3.63, 3.8) is 0 Å². The number of aromatic amines is 1. The predicted octanol–water partition coefficient (Wildman–Crippen LogP) is 5.12. The fourth-order valence-electron chi connectivity index (χ4n) is 4.30. The molecule has 5 rings (SSSR count). The number of fused-ring (bicyclic) bond motifs is 4. The molecule has 1 aliphatic rings. The van der Waals surface area contributed by atoms with Gasteiger partial charge in [-0.2, -0.15) is 0 Å². The van der Waals surface area contributed by atoms with E-state index in [1.807, 2.05) is 13.8 Å². The lowest BCUT2D eigenvalue weighted by atomic mass is 10.1. The zero-order valence-electron chi connectivity index (χ0n) is 18.1. The van der Waals surface area contributed by atoms with Crippen molar-refractivity contribution in [1.29, 1.82) is 0 Å². The first-order valence-electron chi connectivity index (χ1n) is 10.8. The van der Waals surface area contributed by atoms with Gasteiger partial charge in [-0.15, -0.1) is 29.3 Å². The Morgan fingerprint density at radius 3 is 2.69 bits per heavy atom. The van der Waals surface area contributed by atoms with Crippen LogP contribution in [0.4, 0.5) is 0 Å². The summed E-state index contributed by atoms with van der Waals surface area (Å²) >= 11 is 4.63. The molecule has 6 nitrogen and oxygen atoms in total. The maximum atomic E-state index is 13.5. The third kappa shape index (κ3) is 3.66. The smallest absolute Gasteiger partial charge is 0.263 e. The second-order valence-corrected chi connectivity index (χ2v) is 11.3. The first kappa shape index (κ1) is 21.6. The van der Waals surface area contributed by atoms with E-state index in [-0.39, 0.29) is 11.1 Å². The number of aryl methyl sites for hydroxylation is 4. The highest BCUT2D eigenvalue weighted by atomic mass is 32.2. The van der Waals surface area contributed by atoms with Crippen LogP contribution >= 0.6 is 34.4 Å². The number of hydrogen-bond donors (Lipinski definition) is 1. The van der Waals surface area contributed by atoms with Crippen molar-refractivity contribution in [3.05, 3.63) is 60.1 Å². The molecule has 0 atom stereocenters. The summed E-state index contributed by atoms with van der Waals surface area (Å²) < 4.78 is 1.70. The van der Waals surface area contributed by atoms with E-state index in [4.69, 9.17) is 4.98 Å². The number of H-pyrrole nitrogens is 1. The molecule has 0 saturated carbocycles. The molecule has 9 heteroatoms. The van der Waals surface area contributed by atoms with Crippen molar-refractivity contribution >= 4 is 54.9 Å². The molecular formula is C23H24N4O2S3. The minimum Gasteiger partial charge on any atom is -0.309 e. The van der Waals surface area contributed by atoms with Gasteiger partial charge in [-0.1, -0.05) is 24.3 Å². The number of thiophene rings is 2. The van der Waals surface area contributed by atoms with Crippen molar-refractivity contribution in [2.45, 2.75) is 63.4 Å². The molecular weight excluding hydrogens is 460 g/mol. The van der Waals surface area contributed by atoms with Crippen LogP contribution in [0.3, 0.4) is 0 Å². The van der Waals surface area contributed by atoms with Crippen molar-refractivity contribution in [2.75, 3.05) is 0 Å². The summed E-state index contributed by atoms with van der Waals surface area (Å²) in [7, 11) is 0. The predicted molar refractivity (Wildman–Crippen MR) is 135 cm³/mol. The standard InChI is InChI=1S/C23H24N4O2S3/c1-4-10-27-22(29)18-14-8-6-5-7-9-15(14)32-21(18)26-23(27)30-11-16-24-19(28)17-12(2)13(3)31-20(17)25-16/h4H,1,5-11H2,2-3H3,(H,24,25,28). The van der Waals surface area contributed by atoms with Crippen LogP contribution in [0.15, 0.2) is 27.4 Å². The lowest BCUT2D eigenvalue weighted by Crippen LogP contribution is -2.23. The molecule has 4 aromatic heterocycles. The minimum absolute atomic E-state index is 0.0122. The van der Waals surface area contributed by atoms with Crippen LogP contribution in [-0.2, 0) is 25.1 Å². The van der Waals surface area contributed by atoms with E-state index >= 15 is 0 Å². The number of rotatable bonds is 5. The second-order valence-electron chi connectivity index (χ2n) is 8.11. The normalized spacial score (nSPS) is 14.1. The summed E-state index contributed by atoms with van der Waals surface area (Å²) in [5.74, 6) is 1.02. The number of allylic oxidation sites excluding steroid dienone is 1. The van der Waals surface area contributed by atoms with Crippen molar-refractivity contribution in [3.8, 4) is 0 Å². The molecule has 0 bridgehead atoms. The monoisotopic (exact) mass is 484 g/mol. The maximum Gasteiger partial charge on any atom is 0.263 e. The molecule has 0 amide bonds. The molecule has 4 aromatic rings. The van der Waals surface area contributed by atoms with Gasteiger partial charge < -0.3 is 4.98 Å². The molecule has 0 saturated heterocycles. The first-order valence-corrected chi connectivity index (χ1v) is 13.4. The lowest BCUT2D eigenvalue weighted by molar-refractivity contribution is 0.671. The van der Waals surface area contributed by atoms with Crippen LogP contribution in [0.5, 0.6) is 0 Å². The zero-order valence-corrected chi connectivity index (χ0v) is 20.6. The summed E-state index contributed by atoms with van der Waals surface area (Å²) in [5.41, 5.74) is 2.09. The van der Waals surface area contributed by atoms with Gasteiger partial charge in [0.15, 0.2) is 5.16 Å². The average Bonchev–Trinajstić information content (AvgIpc) is 3.15. The third-order valence-corrected chi connectivity index (χ3v) is 9.30. The number of aromatic nitrogens is 4. The Kier molecular flexibility index (Phi) is 5.81. The second kappa shape index (κ2) is 8.61. The summed E-state index contributed by atoms with van der Waals surface area (Å²) in [4.78, 5) is 42.5. The lowest BCUT2D eigenvalue weighted by Gasteiger charge is -2.10. The Bertz CT molecular complexity index is 1470. The maximum absolute atomic E-state index is 13.5. The van der Waals surface area contributed by atoms with Gasteiger partial charge in [0.2, 0.25) is 0 Å². The van der Waals surface area contributed by atoms with Crippen LogP contribution < -0.4 is 11.1 Å². The summed E-state index contributed by atoms with van der Waals surface area (Å²) in [5, 5.41) is 2.10. The summed E-state index contributed by atoms with van der Waals surface area (Å²) in [6.45, 7) is 8.19. The van der Waals surface area contributed by atoms with Gasteiger partial charge in [0.05, 0.1) is 16.5 Å². The zero-order chi connectivity index (χ0) is 22.4. The molecule has 0 spiro atoms. The average molecular weight is 485 g/mol. The fourth-order valence-corrected chi connectivity index (χ4v) is 7.53. The Balaban J connectivity index is 1.54. The number of nitrogens with one attached hydrogen (secondary N) is 1. The van der Waals surface area contributed by atoms with Gasteiger partial charge in [0, 0.05) is 16.3 Å². The van der Waals surface area contributed by atoms with Crippen molar-refractivity contribution < 1.29 is 0 Å². The summed E-state index contributed by atoms with van der Waals surface area (Å²) in [6.07, 6.45) is 7.23. The summed E-state index contributed by atoms with van der Waals surface area (Å²) in [6, 6.07) is 0. The van der Waals surface area contributed by atoms with E-state index in [1.54, 1.807) is 22.0 Å². The van der Waals surface area contributed by atoms with Gasteiger partial charge in [-0.05, 0) is 50.7 Å². The molecule has 1 N–H and O–H groups in total. The molecule has 0 aliphatic heterocycles. The van der Waals surface area contributed by atoms with E-state index in [9.17, 15) is 9.59 Å². The highest BCUT2D eigenvalue weighted by Crippen LogP contribution is 2.34. The molecule has 1 aliphatic carbocycles. The molecule has 0 unspecified atom stereocenters. The van der Waals surface area contributed by atoms with Crippen LogP contribution in [0, 0.1) is 13.8 Å². The van der Waals surface area contributed by atoms with E-state index < -0.39 is 0 Å². The van der Waals surface area contributed by atoms with Gasteiger partial charge in [-0.25, -0.2) is 9.97 Å². The number of nitrogens with zero attached hydrogens (tertiary/aromatic N) is 3. The molecule has 32 heavy (non-hydrogen) atoms. The number of hydrogen-bond acceptors (Lipinski definition) is 7. The van der Waals surface area contributed by atoms with Gasteiger partial charge >= 0.3 is 0 Å². The molecule has 0 aromatic carbocycles. The van der Waals surface area contributed by atoms with Crippen molar-refractivity contribution in [1.82, 2.24) is 19.5 Å². The van der Waals surface area contributed by atoms with Crippen LogP contribution in [0.2, 0.25) is 0 Å². The van der Waals surface area contributed by atoms with Gasteiger partial charge in [0.1, 0.15) is 15.5 Å². The Morgan fingerprint density at radius 2 is 1.88 bits per heavy atom. The van der Waals surface area contributed by atoms with E-state index in [0.29, 0.717) is 28.7 Å². The Labute approximate surface area is 197 Å². The minimum atomic E-state index is -0.110. The highest BCUT2D eigenvalue weighted by Gasteiger charge is 2.21. The fraction of sp³-hybridized carbons (Fsp3) is 0.391. The van der Waals surface area contributed by atoms with E-state index in [1.165, 1.54) is 46.4 Å². The van der Waals surface area contributed by atoms with Crippen molar-refractivity contribution in [2.24, 2.45) is 0 Å². The first-order chi connectivity index (χ1) is 15.5. The Morgan fingerprint density at radius 1 is 1.09 bits per heavy atom. The topological polar surface area (TPSA) is 80.6 Å². The van der Waals surface area contributed by atoms with Crippen LogP contribution in [0.1, 0.15) is 46.0 Å². The van der Waals surface area contributed by atoms with Crippen LogP contribution in [-0.4, -0.2) is 19.5 Å². The highest BCUT2D eigenvalue weighted by molar-refractivity contribution is 7.98. The van der Waals surface area contributed by atoms with Gasteiger partial charge in [-0.3, -0.25) is 14.2 Å². The molecule has 4 heterocycles. The molecule has 0 radical (unpaired) electrons. The molecule has 166 valence electrons. The Hall–Kier alpha value is -2.23.